The van der Waals surface area contributed by atoms with Gasteiger partial charge in [0.05, 0.1) is 18.0 Å². The summed E-state index contributed by atoms with van der Waals surface area (Å²) < 4.78 is 1.47. The zero-order chi connectivity index (χ0) is 18.5. The maximum Gasteiger partial charge on any atom is 0.354 e. The largest absolute Gasteiger partial charge is 0.477 e. The first-order valence-corrected chi connectivity index (χ1v) is 8.30. The Labute approximate surface area is 162 Å². The molecule has 1 aromatic carbocycles. The number of aliphatic hydroxyl groups excluding tert-OH is 1. The molecule has 0 aliphatic rings. The molecule has 0 fully saturated rings. The Hall–Kier alpha value is -2.74. The molecule has 27 heavy (non-hydrogen) atoms. The number of carbonyl (C=O) groups is 1. The third-order valence-electron chi connectivity index (χ3n) is 4.03. The summed E-state index contributed by atoms with van der Waals surface area (Å²) in [5.41, 5.74) is 9.40. The molecule has 0 bridgehead atoms. The highest BCUT2D eigenvalue weighted by molar-refractivity contribution is 5.87. The van der Waals surface area contributed by atoms with Crippen LogP contribution in [0, 0.1) is 0 Å². The quantitative estimate of drug-likeness (QED) is 0.573. The van der Waals surface area contributed by atoms with Crippen LogP contribution in [0.2, 0.25) is 0 Å². The molecule has 0 radical (unpaired) electrons. The number of rotatable bonds is 7. The Morgan fingerprint density at radius 1 is 1.11 bits per heavy atom. The number of aromatic nitrogens is 3. The Kier molecular flexibility index (Phi) is 7.06. The van der Waals surface area contributed by atoms with E-state index < -0.39 is 5.97 Å². The number of benzene rings is 1. The van der Waals surface area contributed by atoms with Crippen molar-refractivity contribution < 1.29 is 15.0 Å². The molecule has 0 saturated heterocycles. The molecule has 0 spiro atoms. The molecule has 0 aliphatic heterocycles. The van der Waals surface area contributed by atoms with Gasteiger partial charge in [-0.15, -0.1) is 12.4 Å². The van der Waals surface area contributed by atoms with Gasteiger partial charge < -0.3 is 15.9 Å². The lowest BCUT2D eigenvalue weighted by Gasteiger charge is -2.05. The lowest BCUT2D eigenvalue weighted by molar-refractivity contribution is 0.0683. The first-order valence-electron chi connectivity index (χ1n) is 8.30. The van der Waals surface area contributed by atoms with Gasteiger partial charge in [0.15, 0.2) is 0 Å². The van der Waals surface area contributed by atoms with E-state index in [1.165, 1.54) is 4.68 Å². The van der Waals surface area contributed by atoms with Crippen LogP contribution in [0.4, 0.5) is 0 Å². The maximum atomic E-state index is 11.5. The number of halogens is 1. The number of carboxylic acids is 1. The van der Waals surface area contributed by atoms with Crippen LogP contribution in [0.5, 0.6) is 0 Å². The van der Waals surface area contributed by atoms with E-state index in [9.17, 15) is 15.0 Å². The lowest BCUT2D eigenvalue weighted by Crippen LogP contribution is -2.12. The first kappa shape index (κ1) is 20.6. The van der Waals surface area contributed by atoms with Gasteiger partial charge in [0, 0.05) is 23.9 Å². The third-order valence-corrected chi connectivity index (χ3v) is 4.03. The van der Waals surface area contributed by atoms with Gasteiger partial charge in [-0.2, -0.15) is 5.10 Å². The van der Waals surface area contributed by atoms with E-state index in [1.54, 1.807) is 18.3 Å². The number of aliphatic hydroxyl groups is 1. The van der Waals surface area contributed by atoms with Crippen LogP contribution in [0.15, 0.2) is 48.7 Å². The molecular formula is C19H21ClN4O3. The van der Waals surface area contributed by atoms with Crippen LogP contribution in [0.3, 0.4) is 0 Å². The minimum Gasteiger partial charge on any atom is -0.477 e. The van der Waals surface area contributed by atoms with Gasteiger partial charge in [0.25, 0.3) is 0 Å². The van der Waals surface area contributed by atoms with Crippen molar-refractivity contribution in [3.05, 3.63) is 59.9 Å². The number of pyridine rings is 1. The summed E-state index contributed by atoms with van der Waals surface area (Å²) in [4.78, 5) is 15.8. The van der Waals surface area contributed by atoms with Crippen molar-refractivity contribution in [2.45, 2.75) is 19.6 Å². The highest BCUT2D eigenvalue weighted by Gasteiger charge is 2.15. The molecule has 4 N–H and O–H groups in total. The SMILES string of the molecule is Cl.NCCCn1nc(-c2ccnc(-c3cccc(CO)c3)c2)cc1C(=O)O. The fourth-order valence-corrected chi connectivity index (χ4v) is 2.72. The molecule has 3 aromatic rings. The predicted octanol–water partition coefficient (Wildman–Crippen LogP) is 2.57. The highest BCUT2D eigenvalue weighted by atomic mass is 35.5. The van der Waals surface area contributed by atoms with Crippen molar-refractivity contribution in [1.29, 1.82) is 0 Å². The number of carboxylic acid groups (broad SMARTS) is 1. The van der Waals surface area contributed by atoms with Crippen LogP contribution in [0.25, 0.3) is 22.5 Å². The van der Waals surface area contributed by atoms with E-state index in [4.69, 9.17) is 5.73 Å². The number of nitrogens with two attached hydrogens (primary N) is 1. The van der Waals surface area contributed by atoms with Crippen molar-refractivity contribution >= 4 is 18.4 Å². The average Bonchev–Trinajstić information content (AvgIpc) is 3.11. The van der Waals surface area contributed by atoms with Gasteiger partial charge in [0.2, 0.25) is 0 Å². The van der Waals surface area contributed by atoms with Crippen molar-refractivity contribution in [3.63, 3.8) is 0 Å². The topological polar surface area (TPSA) is 114 Å². The number of hydrogen-bond acceptors (Lipinski definition) is 5. The summed E-state index contributed by atoms with van der Waals surface area (Å²) in [5.74, 6) is -1.02. The van der Waals surface area contributed by atoms with Gasteiger partial charge in [-0.3, -0.25) is 9.67 Å². The lowest BCUT2D eigenvalue weighted by atomic mass is 10.1. The van der Waals surface area contributed by atoms with Gasteiger partial charge >= 0.3 is 5.97 Å². The van der Waals surface area contributed by atoms with Crippen molar-refractivity contribution in [2.24, 2.45) is 5.73 Å². The molecule has 0 saturated carbocycles. The van der Waals surface area contributed by atoms with E-state index in [1.807, 2.05) is 30.3 Å². The molecule has 0 unspecified atom stereocenters. The normalized spacial score (nSPS) is 10.4. The monoisotopic (exact) mass is 388 g/mol. The Balaban J connectivity index is 0.00000261. The van der Waals surface area contributed by atoms with Crippen molar-refractivity contribution in [2.75, 3.05) is 6.54 Å². The highest BCUT2D eigenvalue weighted by Crippen LogP contribution is 2.25. The molecule has 2 aromatic heterocycles. The Bertz CT molecular complexity index is 927. The van der Waals surface area contributed by atoms with E-state index in [0.29, 0.717) is 25.2 Å². The van der Waals surface area contributed by atoms with Gasteiger partial charge in [-0.05, 0) is 42.8 Å². The van der Waals surface area contributed by atoms with Gasteiger partial charge in [-0.1, -0.05) is 18.2 Å². The standard InChI is InChI=1S/C19H20N4O3.ClH/c20-6-2-8-23-18(19(25)26)11-17(22-23)15-5-7-21-16(10-15)14-4-1-3-13(9-14)12-24;/h1,3-5,7,9-11,24H,2,6,8,12,20H2,(H,25,26);1H. The molecular weight excluding hydrogens is 368 g/mol. The van der Waals surface area contributed by atoms with E-state index >= 15 is 0 Å². The second kappa shape index (κ2) is 9.27. The molecule has 0 amide bonds. The summed E-state index contributed by atoms with van der Waals surface area (Å²) in [6.45, 7) is 0.879. The molecule has 8 heteroatoms. The Morgan fingerprint density at radius 3 is 2.59 bits per heavy atom. The average molecular weight is 389 g/mol. The third kappa shape index (κ3) is 4.71. The fraction of sp³-hybridized carbons (Fsp3) is 0.211. The van der Waals surface area contributed by atoms with Crippen LogP contribution in [-0.4, -0.2) is 37.5 Å². The zero-order valence-corrected chi connectivity index (χ0v) is 15.4. The van der Waals surface area contributed by atoms with Gasteiger partial charge in [-0.25, -0.2) is 4.79 Å². The fourth-order valence-electron chi connectivity index (χ4n) is 2.72. The van der Waals surface area contributed by atoms with Gasteiger partial charge in [0.1, 0.15) is 5.69 Å². The summed E-state index contributed by atoms with van der Waals surface area (Å²) in [6, 6.07) is 12.7. The second-order valence-corrected chi connectivity index (χ2v) is 5.87. The summed E-state index contributed by atoms with van der Waals surface area (Å²) in [5, 5.41) is 23.1. The molecule has 3 rings (SSSR count). The van der Waals surface area contributed by atoms with Crippen molar-refractivity contribution in [3.8, 4) is 22.5 Å². The minimum absolute atomic E-state index is 0. The smallest absolute Gasteiger partial charge is 0.354 e. The summed E-state index contributed by atoms with van der Waals surface area (Å²) in [6.07, 6.45) is 2.31. The van der Waals surface area contributed by atoms with Crippen molar-refractivity contribution in [1.82, 2.24) is 14.8 Å². The maximum absolute atomic E-state index is 11.5. The molecule has 0 atom stereocenters. The van der Waals surface area contributed by atoms with Crippen LogP contribution in [0.1, 0.15) is 22.5 Å². The molecule has 2 heterocycles. The minimum atomic E-state index is -1.02. The van der Waals surface area contributed by atoms with Crippen LogP contribution >= 0.6 is 12.4 Å². The zero-order valence-electron chi connectivity index (χ0n) is 14.6. The molecule has 142 valence electrons. The van der Waals surface area contributed by atoms with E-state index in [2.05, 4.69) is 10.1 Å². The number of aromatic carboxylic acids is 1. The summed E-state index contributed by atoms with van der Waals surface area (Å²) in [7, 11) is 0. The first-order chi connectivity index (χ1) is 12.6. The van der Waals surface area contributed by atoms with Crippen LogP contribution < -0.4 is 5.73 Å². The molecule has 0 aliphatic carbocycles. The Morgan fingerprint density at radius 2 is 1.89 bits per heavy atom. The number of aryl methyl sites for hydroxylation is 1. The summed E-state index contributed by atoms with van der Waals surface area (Å²) >= 11 is 0. The van der Waals surface area contributed by atoms with Crippen LogP contribution in [-0.2, 0) is 13.2 Å². The molecule has 7 nitrogen and oxygen atoms in total. The second-order valence-electron chi connectivity index (χ2n) is 5.87. The number of nitrogens with zero attached hydrogens (tertiary/aromatic N) is 3. The number of hydrogen-bond donors (Lipinski definition) is 3. The van der Waals surface area contributed by atoms with E-state index in [-0.39, 0.29) is 24.7 Å². The van der Waals surface area contributed by atoms with E-state index in [0.717, 1.165) is 22.4 Å². The predicted molar refractivity (Wildman–Crippen MR) is 105 cm³/mol.